The minimum Gasteiger partial charge on any atom is -0.484 e. The number of aromatic nitrogens is 1. The molecule has 2 atom stereocenters. The topological polar surface area (TPSA) is 79.6 Å². The summed E-state index contributed by atoms with van der Waals surface area (Å²) in [6, 6.07) is 33.4. The zero-order valence-electron chi connectivity index (χ0n) is 21.7. The van der Waals surface area contributed by atoms with Crippen LogP contribution in [0.2, 0.25) is 5.02 Å². The quantitative estimate of drug-likeness (QED) is 0.188. The average Bonchev–Trinajstić information content (AvgIpc) is 3.63. The van der Waals surface area contributed by atoms with Gasteiger partial charge in [-0.3, -0.25) is 9.78 Å². The predicted octanol–water partition coefficient (Wildman–Crippen LogP) is 7.19. The maximum Gasteiger partial charge on any atom is 0.262 e. The van der Waals surface area contributed by atoms with Crippen molar-refractivity contribution >= 4 is 46.2 Å². The highest BCUT2D eigenvalue weighted by Crippen LogP contribution is 2.43. The molecule has 41 heavy (non-hydrogen) atoms. The summed E-state index contributed by atoms with van der Waals surface area (Å²) in [7, 11) is 0. The molecular weight excluding hydrogens is 556 g/mol. The molecule has 9 heteroatoms. The fourth-order valence-electron chi connectivity index (χ4n) is 4.77. The van der Waals surface area contributed by atoms with E-state index in [0.717, 1.165) is 28.5 Å². The lowest BCUT2D eigenvalue weighted by Gasteiger charge is -2.26. The molecule has 2 aromatic heterocycles. The Morgan fingerprint density at radius 3 is 2.44 bits per heavy atom. The Hall–Kier alpha value is -4.66. The van der Waals surface area contributed by atoms with Gasteiger partial charge >= 0.3 is 0 Å². The van der Waals surface area contributed by atoms with Crippen molar-refractivity contribution in [3.05, 3.63) is 132 Å². The summed E-state index contributed by atoms with van der Waals surface area (Å²) in [4.78, 5) is 19.1. The molecule has 1 aliphatic rings. The largest absolute Gasteiger partial charge is 0.484 e. The second-order valence-electron chi connectivity index (χ2n) is 9.40. The monoisotopic (exact) mass is 580 g/mol. The molecule has 1 aliphatic heterocycles. The third-order valence-electron chi connectivity index (χ3n) is 6.69. The number of nitrogens with one attached hydrogen (secondary N) is 2. The van der Waals surface area contributed by atoms with E-state index < -0.39 is 0 Å². The van der Waals surface area contributed by atoms with Crippen LogP contribution in [0.3, 0.4) is 0 Å². The molecule has 0 aliphatic carbocycles. The van der Waals surface area contributed by atoms with E-state index in [0.29, 0.717) is 21.6 Å². The summed E-state index contributed by atoms with van der Waals surface area (Å²) in [5, 5.41) is 7.52. The van der Waals surface area contributed by atoms with Gasteiger partial charge in [-0.25, -0.2) is 0 Å². The molecule has 5 aromatic rings. The Balaban J connectivity index is 1.25. The van der Waals surface area contributed by atoms with Crippen molar-refractivity contribution < 1.29 is 13.9 Å². The third kappa shape index (κ3) is 5.94. The third-order valence-corrected chi connectivity index (χ3v) is 7.25. The van der Waals surface area contributed by atoms with Gasteiger partial charge in [-0.05, 0) is 97.1 Å². The number of para-hydroxylation sites is 1. The molecule has 0 spiro atoms. The van der Waals surface area contributed by atoms with E-state index in [1.54, 1.807) is 18.3 Å². The summed E-state index contributed by atoms with van der Waals surface area (Å²) in [5.41, 5.74) is 3.25. The minimum atomic E-state index is -0.307. The molecule has 0 unspecified atom stereocenters. The number of thiocarbonyl (C=S) groups is 1. The molecule has 6 rings (SSSR count). The Labute approximate surface area is 247 Å². The first-order chi connectivity index (χ1) is 20.0. The van der Waals surface area contributed by atoms with Crippen molar-refractivity contribution in [2.75, 3.05) is 16.8 Å². The van der Waals surface area contributed by atoms with Gasteiger partial charge in [-0.1, -0.05) is 35.9 Å². The van der Waals surface area contributed by atoms with Crippen LogP contribution in [0.15, 0.2) is 120 Å². The standard InChI is InChI=1S/C32H25ClN4O3S/c33-22-11-9-21(10-12-22)27-17-18-28(40-27)31-30(26-8-4-5-19-34-26)36-32(41)37(31)24-15-13-23(14-16-24)35-29(38)20-39-25-6-2-1-3-7-25/h1-19,30-31H,20H2,(H,35,38)(H,36,41)/t30-,31+/m0/s1. The van der Waals surface area contributed by atoms with E-state index in [9.17, 15) is 4.79 Å². The Morgan fingerprint density at radius 2 is 1.71 bits per heavy atom. The fraction of sp³-hybridized carbons (Fsp3) is 0.0938. The molecule has 1 fully saturated rings. The number of rotatable bonds is 8. The SMILES string of the molecule is O=C(COc1ccccc1)Nc1ccc(N2C(=S)N[C@@H](c3ccccn3)[C@H]2c2ccc(-c3ccc(Cl)cc3)o2)cc1. The summed E-state index contributed by atoms with van der Waals surface area (Å²) >= 11 is 11.9. The second-order valence-corrected chi connectivity index (χ2v) is 10.2. The first-order valence-corrected chi connectivity index (χ1v) is 13.8. The number of carbonyl (C=O) groups is 1. The van der Waals surface area contributed by atoms with Gasteiger partial charge in [-0.2, -0.15) is 0 Å². The number of amides is 1. The van der Waals surface area contributed by atoms with Crippen LogP contribution in [-0.2, 0) is 4.79 Å². The number of furan rings is 1. The molecular formula is C32H25ClN4O3S. The summed E-state index contributed by atoms with van der Waals surface area (Å²) in [6.07, 6.45) is 1.76. The van der Waals surface area contributed by atoms with Crippen molar-refractivity contribution in [1.82, 2.24) is 10.3 Å². The minimum absolute atomic E-state index is 0.0891. The van der Waals surface area contributed by atoms with Gasteiger partial charge in [0.2, 0.25) is 0 Å². The van der Waals surface area contributed by atoms with Gasteiger partial charge in [0.25, 0.3) is 5.91 Å². The van der Waals surface area contributed by atoms with Crippen LogP contribution in [-0.4, -0.2) is 22.6 Å². The van der Waals surface area contributed by atoms with Crippen molar-refractivity contribution in [2.24, 2.45) is 0 Å². The summed E-state index contributed by atoms with van der Waals surface area (Å²) < 4.78 is 11.9. The van der Waals surface area contributed by atoms with E-state index in [1.165, 1.54) is 0 Å². The molecule has 0 saturated carbocycles. The highest BCUT2D eigenvalue weighted by molar-refractivity contribution is 7.80. The maximum atomic E-state index is 12.4. The van der Waals surface area contributed by atoms with Gasteiger partial charge in [0.15, 0.2) is 11.7 Å². The number of benzene rings is 3. The van der Waals surface area contributed by atoms with E-state index in [2.05, 4.69) is 15.6 Å². The smallest absolute Gasteiger partial charge is 0.262 e. The van der Waals surface area contributed by atoms with Crippen LogP contribution in [0.4, 0.5) is 11.4 Å². The highest BCUT2D eigenvalue weighted by atomic mass is 35.5. The molecule has 2 N–H and O–H groups in total. The van der Waals surface area contributed by atoms with Crippen LogP contribution in [0.25, 0.3) is 11.3 Å². The first kappa shape index (κ1) is 26.6. The number of hydrogen-bond donors (Lipinski definition) is 2. The van der Waals surface area contributed by atoms with Crippen LogP contribution < -0.4 is 20.3 Å². The average molecular weight is 581 g/mol. The van der Waals surface area contributed by atoms with Crippen LogP contribution in [0.1, 0.15) is 23.5 Å². The Morgan fingerprint density at radius 1 is 0.951 bits per heavy atom. The second kappa shape index (κ2) is 11.8. The zero-order valence-corrected chi connectivity index (χ0v) is 23.3. The lowest BCUT2D eigenvalue weighted by atomic mass is 10.0. The number of nitrogens with zero attached hydrogens (tertiary/aromatic N) is 2. The van der Waals surface area contributed by atoms with E-state index in [4.69, 9.17) is 33.0 Å². The fourth-order valence-corrected chi connectivity index (χ4v) is 5.24. The van der Waals surface area contributed by atoms with E-state index >= 15 is 0 Å². The van der Waals surface area contributed by atoms with Crippen molar-refractivity contribution in [2.45, 2.75) is 12.1 Å². The zero-order chi connectivity index (χ0) is 28.2. The number of ether oxygens (including phenoxy) is 1. The predicted molar refractivity (Wildman–Crippen MR) is 164 cm³/mol. The highest BCUT2D eigenvalue weighted by Gasteiger charge is 2.42. The summed E-state index contributed by atoms with van der Waals surface area (Å²) in [5.74, 6) is 1.84. The van der Waals surface area contributed by atoms with Gasteiger partial charge in [0, 0.05) is 28.2 Å². The lowest BCUT2D eigenvalue weighted by molar-refractivity contribution is -0.118. The first-order valence-electron chi connectivity index (χ1n) is 13.0. The molecule has 0 radical (unpaired) electrons. The van der Waals surface area contributed by atoms with Crippen LogP contribution in [0.5, 0.6) is 5.75 Å². The Kier molecular flexibility index (Phi) is 7.67. The molecule has 0 bridgehead atoms. The number of carbonyl (C=O) groups excluding carboxylic acids is 1. The molecule has 1 amide bonds. The lowest BCUT2D eigenvalue weighted by Crippen LogP contribution is -2.29. The maximum absolute atomic E-state index is 12.4. The van der Waals surface area contributed by atoms with Crippen LogP contribution >= 0.6 is 23.8 Å². The normalized spacial score (nSPS) is 16.3. The van der Waals surface area contributed by atoms with E-state index in [-0.39, 0.29) is 24.6 Å². The number of anilines is 2. The number of hydrogen-bond acceptors (Lipinski definition) is 5. The Bertz CT molecular complexity index is 1640. The van der Waals surface area contributed by atoms with Crippen molar-refractivity contribution in [3.8, 4) is 17.1 Å². The van der Waals surface area contributed by atoms with E-state index in [1.807, 2.05) is 102 Å². The molecule has 7 nitrogen and oxygen atoms in total. The molecule has 3 heterocycles. The van der Waals surface area contributed by atoms with Gasteiger partial charge in [0.1, 0.15) is 23.3 Å². The number of halogens is 1. The van der Waals surface area contributed by atoms with Gasteiger partial charge < -0.3 is 24.7 Å². The van der Waals surface area contributed by atoms with Crippen molar-refractivity contribution in [1.29, 1.82) is 0 Å². The molecule has 1 saturated heterocycles. The molecule has 204 valence electrons. The van der Waals surface area contributed by atoms with Crippen LogP contribution in [0, 0.1) is 0 Å². The van der Waals surface area contributed by atoms with Crippen molar-refractivity contribution in [3.63, 3.8) is 0 Å². The van der Waals surface area contributed by atoms with Gasteiger partial charge in [-0.15, -0.1) is 0 Å². The number of pyridine rings is 1. The summed E-state index contributed by atoms with van der Waals surface area (Å²) in [6.45, 7) is -0.0891. The molecule has 3 aromatic carbocycles. The van der Waals surface area contributed by atoms with Gasteiger partial charge in [0.05, 0.1) is 11.7 Å².